The van der Waals surface area contributed by atoms with Gasteiger partial charge in [0.2, 0.25) is 0 Å². The van der Waals surface area contributed by atoms with E-state index in [0.717, 1.165) is 11.3 Å². The smallest absolute Gasteiger partial charge is 0.279 e. The monoisotopic (exact) mass is 274 g/mol. The van der Waals surface area contributed by atoms with E-state index in [1.165, 1.54) is 12.1 Å². The van der Waals surface area contributed by atoms with Gasteiger partial charge in [-0.1, -0.05) is 13.0 Å². The molecule has 3 nitrogen and oxygen atoms in total. The lowest BCUT2D eigenvalue weighted by atomic mass is 10.1. The molecule has 1 aromatic rings. The second kappa shape index (κ2) is 5.49. The molecule has 2 rings (SSSR count). The van der Waals surface area contributed by atoms with Crippen LogP contribution in [0, 0.1) is 5.82 Å². The van der Waals surface area contributed by atoms with E-state index in [9.17, 15) is 9.18 Å². The topological polar surface area (TPSA) is 23.6 Å². The highest BCUT2D eigenvalue weighted by molar-refractivity contribution is 6.08. The van der Waals surface area contributed by atoms with E-state index in [1.54, 1.807) is 17.0 Å². The molecule has 0 bridgehead atoms. The molecule has 4 heteroatoms. The normalized spacial score (nSPS) is 15.6. The van der Waals surface area contributed by atoms with Crippen molar-refractivity contribution in [2.24, 2.45) is 0 Å². The van der Waals surface area contributed by atoms with Crippen molar-refractivity contribution in [3.05, 3.63) is 53.2 Å². The molecule has 0 atom stereocenters. The number of allylic oxidation sites excluding steroid dienone is 2. The highest BCUT2D eigenvalue weighted by atomic mass is 19.1. The summed E-state index contributed by atoms with van der Waals surface area (Å²) in [6.45, 7) is 5.78. The van der Waals surface area contributed by atoms with Crippen LogP contribution in [0.4, 0.5) is 10.1 Å². The van der Waals surface area contributed by atoms with E-state index >= 15 is 0 Å². The van der Waals surface area contributed by atoms with Crippen LogP contribution < -0.4 is 4.90 Å². The maximum atomic E-state index is 13.4. The number of benzene rings is 1. The molecule has 1 aromatic carbocycles. The van der Waals surface area contributed by atoms with Crippen molar-refractivity contribution in [3.63, 3.8) is 0 Å². The van der Waals surface area contributed by atoms with Crippen molar-refractivity contribution in [3.8, 4) is 0 Å². The predicted octanol–water partition coefficient (Wildman–Crippen LogP) is 3.65. The van der Waals surface area contributed by atoms with Gasteiger partial charge in [0, 0.05) is 18.9 Å². The lowest BCUT2D eigenvalue weighted by Gasteiger charge is -2.35. The lowest BCUT2D eigenvalue weighted by molar-refractivity contribution is -0.116. The summed E-state index contributed by atoms with van der Waals surface area (Å²) < 4.78 is 13.4. The van der Waals surface area contributed by atoms with Crippen LogP contribution in [0.25, 0.3) is 0 Å². The molecular formula is C16H19FN2O. The van der Waals surface area contributed by atoms with Gasteiger partial charge < -0.3 is 4.90 Å². The van der Waals surface area contributed by atoms with Crippen LogP contribution in [0.1, 0.15) is 27.2 Å². The Bertz CT molecular complexity index is 600. The molecule has 1 aliphatic heterocycles. The average Bonchev–Trinajstić information content (AvgIpc) is 2.37. The molecule has 0 saturated carbocycles. The van der Waals surface area contributed by atoms with Crippen molar-refractivity contribution in [1.82, 2.24) is 4.90 Å². The molecule has 106 valence electrons. The standard InChI is InChI=1S/C16H19FN2O/c1-5-13-10-18(4)15(11(2)3)16(20)19(13)14-8-6-7-12(17)9-14/h6-10H,5H2,1-4H3. The second-order valence-electron chi connectivity index (χ2n) is 5.05. The molecule has 20 heavy (non-hydrogen) atoms. The van der Waals surface area contributed by atoms with Crippen LogP contribution in [-0.4, -0.2) is 17.9 Å². The molecule has 0 radical (unpaired) electrons. The Morgan fingerprint density at radius 1 is 1.30 bits per heavy atom. The molecule has 1 heterocycles. The maximum absolute atomic E-state index is 13.4. The molecule has 0 saturated heterocycles. The number of carbonyl (C=O) groups excluding carboxylic acids is 1. The van der Waals surface area contributed by atoms with Gasteiger partial charge in [-0.05, 0) is 44.0 Å². The quantitative estimate of drug-likeness (QED) is 0.769. The highest BCUT2D eigenvalue weighted by Gasteiger charge is 2.30. The molecule has 1 amide bonds. The molecule has 0 N–H and O–H groups in total. The number of nitrogens with zero attached hydrogens (tertiary/aromatic N) is 2. The first-order chi connectivity index (χ1) is 9.45. The van der Waals surface area contributed by atoms with Crippen LogP contribution in [-0.2, 0) is 4.79 Å². The minimum atomic E-state index is -0.344. The van der Waals surface area contributed by atoms with Gasteiger partial charge in [-0.15, -0.1) is 0 Å². The number of hydrogen-bond acceptors (Lipinski definition) is 2. The minimum Gasteiger partial charge on any atom is -0.345 e. The van der Waals surface area contributed by atoms with Gasteiger partial charge in [-0.2, -0.15) is 0 Å². The Balaban J connectivity index is 2.58. The Morgan fingerprint density at radius 2 is 2.00 bits per heavy atom. The van der Waals surface area contributed by atoms with Gasteiger partial charge in [-0.3, -0.25) is 9.69 Å². The summed E-state index contributed by atoms with van der Waals surface area (Å²) in [6, 6.07) is 6.13. The third-order valence-electron chi connectivity index (χ3n) is 3.29. The molecule has 0 aromatic heterocycles. The summed E-state index contributed by atoms with van der Waals surface area (Å²) in [7, 11) is 1.86. The van der Waals surface area contributed by atoms with Gasteiger partial charge in [0.25, 0.3) is 5.91 Å². The zero-order chi connectivity index (χ0) is 14.9. The third kappa shape index (κ3) is 2.46. The number of rotatable bonds is 2. The number of likely N-dealkylation sites (N-methyl/N-ethyl adjacent to an activating group) is 1. The van der Waals surface area contributed by atoms with Crippen LogP contribution in [0.15, 0.2) is 47.4 Å². The Hall–Kier alpha value is -2.10. The minimum absolute atomic E-state index is 0.113. The zero-order valence-corrected chi connectivity index (χ0v) is 12.3. The fourth-order valence-electron chi connectivity index (χ4n) is 2.45. The molecule has 0 fully saturated rings. The lowest BCUT2D eigenvalue weighted by Crippen LogP contribution is -2.40. The first kappa shape index (κ1) is 14.3. The number of carbonyl (C=O) groups is 1. The van der Waals surface area contributed by atoms with Gasteiger partial charge in [0.1, 0.15) is 11.5 Å². The third-order valence-corrected chi connectivity index (χ3v) is 3.29. The summed E-state index contributed by atoms with van der Waals surface area (Å²) >= 11 is 0. The number of amides is 1. The Morgan fingerprint density at radius 3 is 2.55 bits per heavy atom. The maximum Gasteiger partial charge on any atom is 0.279 e. The van der Waals surface area contributed by atoms with Gasteiger partial charge in [0.15, 0.2) is 0 Å². The fourth-order valence-corrected chi connectivity index (χ4v) is 2.45. The zero-order valence-electron chi connectivity index (χ0n) is 12.3. The second-order valence-corrected chi connectivity index (χ2v) is 5.05. The first-order valence-corrected chi connectivity index (χ1v) is 6.66. The predicted molar refractivity (Wildman–Crippen MR) is 78.4 cm³/mol. The van der Waals surface area contributed by atoms with E-state index < -0.39 is 0 Å². The van der Waals surface area contributed by atoms with Gasteiger partial charge in [-0.25, -0.2) is 4.39 Å². The number of anilines is 1. The van der Waals surface area contributed by atoms with Crippen molar-refractivity contribution in [2.45, 2.75) is 27.2 Å². The van der Waals surface area contributed by atoms with Crippen LogP contribution in [0.5, 0.6) is 0 Å². The van der Waals surface area contributed by atoms with E-state index in [-0.39, 0.29) is 11.7 Å². The van der Waals surface area contributed by atoms with Crippen molar-refractivity contribution < 1.29 is 9.18 Å². The van der Waals surface area contributed by atoms with Gasteiger partial charge in [0.05, 0.1) is 5.69 Å². The molecule has 0 spiro atoms. The number of halogens is 1. The van der Waals surface area contributed by atoms with Crippen LogP contribution >= 0.6 is 0 Å². The summed E-state index contributed by atoms with van der Waals surface area (Å²) in [6.07, 6.45) is 2.62. The SMILES string of the molecule is CCC1=CN(C)C(=C(C)C)C(=O)N1c1cccc(F)c1. The first-order valence-electron chi connectivity index (χ1n) is 6.66. The fraction of sp³-hybridized carbons (Fsp3) is 0.312. The average molecular weight is 274 g/mol. The van der Waals surface area contributed by atoms with E-state index in [0.29, 0.717) is 17.8 Å². The largest absolute Gasteiger partial charge is 0.345 e. The Labute approximate surface area is 119 Å². The molecule has 1 aliphatic rings. The van der Waals surface area contributed by atoms with Crippen molar-refractivity contribution in [1.29, 1.82) is 0 Å². The van der Waals surface area contributed by atoms with Gasteiger partial charge >= 0.3 is 0 Å². The van der Waals surface area contributed by atoms with E-state index in [1.807, 2.05) is 38.9 Å². The number of hydrogen-bond donors (Lipinski definition) is 0. The molecule has 0 unspecified atom stereocenters. The van der Waals surface area contributed by atoms with E-state index in [2.05, 4.69) is 0 Å². The molecular weight excluding hydrogens is 255 g/mol. The summed E-state index contributed by atoms with van der Waals surface area (Å²) in [5, 5.41) is 0. The summed E-state index contributed by atoms with van der Waals surface area (Å²) in [5.41, 5.74) is 2.99. The summed E-state index contributed by atoms with van der Waals surface area (Å²) in [4.78, 5) is 16.1. The van der Waals surface area contributed by atoms with Crippen molar-refractivity contribution >= 4 is 11.6 Å². The Kier molecular flexibility index (Phi) is 3.93. The summed E-state index contributed by atoms with van der Waals surface area (Å²) in [5.74, 6) is -0.458. The van der Waals surface area contributed by atoms with Crippen LogP contribution in [0.3, 0.4) is 0 Å². The van der Waals surface area contributed by atoms with Crippen LogP contribution in [0.2, 0.25) is 0 Å². The van der Waals surface area contributed by atoms with E-state index in [4.69, 9.17) is 0 Å². The highest BCUT2D eigenvalue weighted by Crippen LogP contribution is 2.30. The van der Waals surface area contributed by atoms with Crippen molar-refractivity contribution in [2.75, 3.05) is 11.9 Å². The molecule has 0 aliphatic carbocycles.